The van der Waals surface area contributed by atoms with Gasteiger partial charge in [0.05, 0.1) is 22.4 Å². The first-order valence-corrected chi connectivity index (χ1v) is 7.92. The molecule has 2 N–H and O–H groups in total. The summed E-state index contributed by atoms with van der Waals surface area (Å²) in [4.78, 5) is 4.76. The zero-order valence-corrected chi connectivity index (χ0v) is 11.9. The zero-order valence-electron chi connectivity index (χ0n) is 10.3. The van der Waals surface area contributed by atoms with Crippen LogP contribution in [0.5, 0.6) is 0 Å². The Morgan fingerprint density at radius 3 is 2.59 bits per heavy atom. The molecule has 0 aliphatic heterocycles. The number of hydrogen-bond donors (Lipinski definition) is 1. The maximum absolute atomic E-state index is 11.9. The fourth-order valence-corrected chi connectivity index (χ4v) is 3.51. The van der Waals surface area contributed by atoms with Crippen LogP contribution in [0.4, 0.5) is 5.69 Å². The van der Waals surface area contributed by atoms with E-state index in [1.807, 2.05) is 0 Å². The van der Waals surface area contributed by atoms with Crippen molar-refractivity contribution >= 4 is 27.3 Å². The van der Waals surface area contributed by atoms with Crippen LogP contribution in [0.1, 0.15) is 20.8 Å². The van der Waals surface area contributed by atoms with Gasteiger partial charge in [-0.05, 0) is 26.8 Å². The van der Waals surface area contributed by atoms with Gasteiger partial charge in [-0.1, -0.05) is 0 Å². The molecular weight excluding hydrogens is 256 g/mol. The van der Waals surface area contributed by atoms with Crippen LogP contribution < -0.4 is 5.73 Å². The molecule has 6 heteroatoms. The molecule has 0 spiro atoms. The van der Waals surface area contributed by atoms with Gasteiger partial charge in [-0.3, -0.25) is 4.98 Å². The van der Waals surface area contributed by atoms with Crippen molar-refractivity contribution in [2.24, 2.45) is 0 Å². The van der Waals surface area contributed by atoms with Crippen molar-refractivity contribution < 1.29 is 8.42 Å². The van der Waals surface area contributed by atoms with Crippen molar-refractivity contribution in [3.8, 4) is 0 Å². The molecule has 0 aliphatic rings. The number of nitrogens with zero attached hydrogens (tertiary/aromatic N) is 1. The van der Waals surface area contributed by atoms with Crippen molar-refractivity contribution in [2.45, 2.75) is 30.4 Å². The molecule has 0 radical (unpaired) electrons. The van der Waals surface area contributed by atoms with Crippen LogP contribution in [-0.2, 0) is 9.84 Å². The SMILES string of the molecule is CC(C)(C)S(=O)(=O)CCSc1ccncc1N. The van der Waals surface area contributed by atoms with Crippen LogP contribution >= 0.6 is 11.8 Å². The largest absolute Gasteiger partial charge is 0.397 e. The third-order valence-corrected chi connectivity index (χ3v) is 6.31. The fourth-order valence-electron chi connectivity index (χ4n) is 1.09. The first-order valence-electron chi connectivity index (χ1n) is 5.28. The van der Waals surface area contributed by atoms with Crippen molar-refractivity contribution in [3.05, 3.63) is 18.5 Å². The summed E-state index contributed by atoms with van der Waals surface area (Å²) in [5, 5.41) is 0. The van der Waals surface area contributed by atoms with Crippen molar-refractivity contribution in [1.29, 1.82) is 0 Å². The average Bonchev–Trinajstić information content (AvgIpc) is 2.19. The van der Waals surface area contributed by atoms with Gasteiger partial charge < -0.3 is 5.73 Å². The van der Waals surface area contributed by atoms with Gasteiger partial charge in [-0.2, -0.15) is 0 Å². The molecule has 0 unspecified atom stereocenters. The number of rotatable bonds is 4. The van der Waals surface area contributed by atoms with E-state index in [4.69, 9.17) is 5.73 Å². The van der Waals surface area contributed by atoms with E-state index in [0.29, 0.717) is 11.4 Å². The molecule has 0 fully saturated rings. The number of aromatic nitrogens is 1. The highest BCUT2D eigenvalue weighted by molar-refractivity contribution is 8.01. The highest BCUT2D eigenvalue weighted by atomic mass is 32.2. The molecule has 1 heterocycles. The van der Waals surface area contributed by atoms with Crippen LogP contribution in [0.25, 0.3) is 0 Å². The second kappa shape index (κ2) is 5.27. The molecule has 4 nitrogen and oxygen atoms in total. The maximum atomic E-state index is 11.9. The Labute approximate surface area is 107 Å². The van der Waals surface area contributed by atoms with Gasteiger partial charge >= 0.3 is 0 Å². The normalized spacial score (nSPS) is 12.6. The van der Waals surface area contributed by atoms with Crippen molar-refractivity contribution in [3.63, 3.8) is 0 Å². The van der Waals surface area contributed by atoms with E-state index in [-0.39, 0.29) is 5.75 Å². The molecule has 0 atom stereocenters. The number of thioether (sulfide) groups is 1. The summed E-state index contributed by atoms with van der Waals surface area (Å²) in [5.74, 6) is 0.663. The number of sulfone groups is 1. The van der Waals surface area contributed by atoms with E-state index in [1.165, 1.54) is 11.8 Å². The third-order valence-electron chi connectivity index (χ3n) is 2.35. The van der Waals surface area contributed by atoms with Crippen molar-refractivity contribution in [1.82, 2.24) is 4.98 Å². The first kappa shape index (κ1) is 14.3. The molecule has 1 aromatic heterocycles. The Hall–Kier alpha value is -0.750. The molecule has 0 aromatic carbocycles. The molecule has 0 bridgehead atoms. The van der Waals surface area contributed by atoms with E-state index in [2.05, 4.69) is 4.98 Å². The predicted octanol–water partition coefficient (Wildman–Crippen LogP) is 1.97. The molecule has 96 valence electrons. The minimum Gasteiger partial charge on any atom is -0.397 e. The van der Waals surface area contributed by atoms with E-state index >= 15 is 0 Å². The summed E-state index contributed by atoms with van der Waals surface area (Å²) in [6.45, 7) is 5.15. The standard InChI is InChI=1S/C11H18N2O2S2/c1-11(2,3)17(14,15)7-6-16-10-4-5-13-8-9(10)12/h4-5,8H,6-7,12H2,1-3H3. The van der Waals surface area contributed by atoms with Crippen LogP contribution in [0.2, 0.25) is 0 Å². The zero-order chi connectivity index (χ0) is 13.1. The molecule has 0 saturated carbocycles. The number of pyridine rings is 1. The Kier molecular flexibility index (Phi) is 4.43. The average molecular weight is 274 g/mol. The van der Waals surface area contributed by atoms with Crippen molar-refractivity contribution in [2.75, 3.05) is 17.2 Å². The summed E-state index contributed by atoms with van der Waals surface area (Å²) < 4.78 is 23.0. The monoisotopic (exact) mass is 274 g/mol. The van der Waals surface area contributed by atoms with E-state index in [0.717, 1.165) is 4.90 Å². The summed E-state index contributed by atoms with van der Waals surface area (Å²) in [6, 6.07) is 1.80. The topological polar surface area (TPSA) is 73.0 Å². The van der Waals surface area contributed by atoms with Gasteiger partial charge in [0.2, 0.25) is 0 Å². The number of hydrogen-bond acceptors (Lipinski definition) is 5. The van der Waals surface area contributed by atoms with Gasteiger partial charge in [0, 0.05) is 16.8 Å². The Bertz CT molecular complexity index is 478. The Morgan fingerprint density at radius 1 is 1.41 bits per heavy atom. The van der Waals surface area contributed by atoms with Crippen LogP contribution in [-0.4, -0.2) is 29.7 Å². The highest BCUT2D eigenvalue weighted by Gasteiger charge is 2.28. The molecule has 0 amide bonds. The smallest absolute Gasteiger partial charge is 0.156 e. The lowest BCUT2D eigenvalue weighted by molar-refractivity contribution is 0.562. The second-order valence-electron chi connectivity index (χ2n) is 4.69. The number of anilines is 1. The van der Waals surface area contributed by atoms with Crippen LogP contribution in [0.3, 0.4) is 0 Å². The van der Waals surface area contributed by atoms with Gasteiger partial charge in [0.15, 0.2) is 9.84 Å². The highest BCUT2D eigenvalue weighted by Crippen LogP contribution is 2.25. The first-order chi connectivity index (χ1) is 7.74. The lowest BCUT2D eigenvalue weighted by atomic mass is 10.3. The van der Waals surface area contributed by atoms with E-state index in [9.17, 15) is 8.42 Å². The Balaban J connectivity index is 2.58. The predicted molar refractivity (Wildman–Crippen MR) is 72.9 cm³/mol. The van der Waals surface area contributed by atoms with E-state index in [1.54, 1.807) is 39.2 Å². The molecule has 1 rings (SSSR count). The summed E-state index contributed by atoms with van der Waals surface area (Å²) >= 11 is 1.45. The minimum atomic E-state index is -3.06. The van der Waals surface area contributed by atoms with Gasteiger partial charge in [0.25, 0.3) is 0 Å². The fraction of sp³-hybridized carbons (Fsp3) is 0.545. The Morgan fingerprint density at radius 2 is 2.06 bits per heavy atom. The third kappa shape index (κ3) is 3.89. The maximum Gasteiger partial charge on any atom is 0.156 e. The molecule has 0 saturated heterocycles. The molecule has 1 aromatic rings. The van der Waals surface area contributed by atoms with Gasteiger partial charge in [-0.25, -0.2) is 8.42 Å². The summed E-state index contributed by atoms with van der Waals surface area (Å²) in [5.41, 5.74) is 6.31. The molecule has 17 heavy (non-hydrogen) atoms. The lowest BCUT2D eigenvalue weighted by Gasteiger charge is -2.18. The second-order valence-corrected chi connectivity index (χ2v) is 8.69. The number of nitrogens with two attached hydrogens (primary N) is 1. The quantitative estimate of drug-likeness (QED) is 0.850. The van der Waals surface area contributed by atoms with Gasteiger partial charge in [0.1, 0.15) is 0 Å². The molecular formula is C11H18N2O2S2. The lowest BCUT2D eigenvalue weighted by Crippen LogP contribution is -2.31. The number of nitrogen functional groups attached to an aromatic ring is 1. The minimum absolute atomic E-state index is 0.156. The summed E-state index contributed by atoms with van der Waals surface area (Å²) in [6.07, 6.45) is 3.22. The van der Waals surface area contributed by atoms with Crippen LogP contribution in [0, 0.1) is 0 Å². The van der Waals surface area contributed by atoms with Crippen LogP contribution in [0.15, 0.2) is 23.4 Å². The molecule has 0 aliphatic carbocycles. The van der Waals surface area contributed by atoms with E-state index < -0.39 is 14.6 Å². The van der Waals surface area contributed by atoms with Gasteiger partial charge in [-0.15, -0.1) is 11.8 Å². The summed E-state index contributed by atoms with van der Waals surface area (Å²) in [7, 11) is -3.06.